The van der Waals surface area contributed by atoms with Crippen molar-refractivity contribution in [1.82, 2.24) is 19.5 Å². The van der Waals surface area contributed by atoms with Crippen LogP contribution in [0, 0.1) is 6.92 Å². The van der Waals surface area contributed by atoms with Gasteiger partial charge < -0.3 is 15.6 Å². The number of nitrogens with two attached hydrogens (primary N) is 1. The summed E-state index contributed by atoms with van der Waals surface area (Å²) in [6.07, 6.45) is 2.95. The molecule has 0 saturated carbocycles. The Labute approximate surface area is 163 Å². The van der Waals surface area contributed by atoms with Crippen LogP contribution < -0.4 is 5.73 Å². The number of hydrogen-bond donors (Lipinski definition) is 2. The maximum absolute atomic E-state index is 9.89. The first-order valence-electron chi connectivity index (χ1n) is 9.79. The first-order chi connectivity index (χ1) is 13.6. The molecule has 3 aromatic rings. The van der Waals surface area contributed by atoms with Crippen LogP contribution in [0.5, 0.6) is 0 Å². The normalized spacial score (nSPS) is 20.4. The van der Waals surface area contributed by atoms with Gasteiger partial charge in [-0.15, -0.1) is 0 Å². The molecule has 1 aromatic carbocycles. The van der Waals surface area contributed by atoms with E-state index in [1.165, 1.54) is 11.9 Å². The van der Waals surface area contributed by atoms with Gasteiger partial charge in [0.1, 0.15) is 11.8 Å². The van der Waals surface area contributed by atoms with Crippen molar-refractivity contribution in [1.29, 1.82) is 0 Å². The zero-order valence-corrected chi connectivity index (χ0v) is 16.0. The molecule has 146 valence electrons. The van der Waals surface area contributed by atoms with E-state index in [1.54, 1.807) is 0 Å². The number of fused-ring (bicyclic) bond motifs is 1. The highest BCUT2D eigenvalue weighted by Crippen LogP contribution is 2.39. The minimum absolute atomic E-state index is 0.105. The Morgan fingerprint density at radius 1 is 1.21 bits per heavy atom. The number of piperidine rings is 1. The van der Waals surface area contributed by atoms with Gasteiger partial charge in [-0.3, -0.25) is 4.90 Å². The fourth-order valence-corrected chi connectivity index (χ4v) is 4.55. The van der Waals surface area contributed by atoms with Crippen molar-refractivity contribution in [3.8, 4) is 11.3 Å². The number of aryl methyl sites for hydroxylation is 1. The van der Waals surface area contributed by atoms with E-state index in [9.17, 15) is 5.11 Å². The lowest BCUT2D eigenvalue weighted by Crippen LogP contribution is -2.61. The van der Waals surface area contributed by atoms with Gasteiger partial charge in [0.2, 0.25) is 0 Å². The van der Waals surface area contributed by atoms with E-state index in [4.69, 9.17) is 10.5 Å². The molecule has 0 bridgehead atoms. The van der Waals surface area contributed by atoms with Gasteiger partial charge in [-0.25, -0.2) is 9.50 Å². The molecule has 0 spiro atoms. The van der Waals surface area contributed by atoms with E-state index in [2.05, 4.69) is 45.3 Å². The summed E-state index contributed by atoms with van der Waals surface area (Å²) in [4.78, 5) is 6.60. The van der Waals surface area contributed by atoms with Crippen LogP contribution in [0.4, 0.5) is 5.82 Å². The van der Waals surface area contributed by atoms with Gasteiger partial charge in [-0.05, 0) is 43.0 Å². The number of aromatic nitrogens is 3. The SMILES string of the molecule is Cc1cc(-c2cccc(C3(N4CCC(O)CC4)COC3)c2)n2ncnc(N)c12. The Morgan fingerprint density at radius 2 is 2.00 bits per heavy atom. The molecule has 2 aliphatic heterocycles. The monoisotopic (exact) mass is 379 g/mol. The quantitative estimate of drug-likeness (QED) is 0.723. The molecule has 2 aliphatic rings. The van der Waals surface area contributed by atoms with Crippen molar-refractivity contribution in [2.75, 3.05) is 32.0 Å². The molecule has 5 rings (SSSR count). The van der Waals surface area contributed by atoms with Crippen LogP contribution in [0.1, 0.15) is 24.0 Å². The van der Waals surface area contributed by atoms with Crippen molar-refractivity contribution < 1.29 is 9.84 Å². The molecular formula is C21H25N5O2. The summed E-state index contributed by atoms with van der Waals surface area (Å²) in [5.74, 6) is 0.491. The molecule has 4 heterocycles. The van der Waals surface area contributed by atoms with Crippen molar-refractivity contribution in [3.63, 3.8) is 0 Å². The second-order valence-electron chi connectivity index (χ2n) is 7.94. The summed E-state index contributed by atoms with van der Waals surface area (Å²) in [5, 5.41) is 14.3. The molecule has 2 aromatic heterocycles. The van der Waals surface area contributed by atoms with Gasteiger partial charge >= 0.3 is 0 Å². The third-order valence-electron chi connectivity index (χ3n) is 6.22. The molecule has 0 atom stereocenters. The number of hydrogen-bond acceptors (Lipinski definition) is 6. The summed E-state index contributed by atoms with van der Waals surface area (Å²) in [5.41, 5.74) is 11.2. The number of anilines is 1. The minimum Gasteiger partial charge on any atom is -0.393 e. The van der Waals surface area contributed by atoms with Crippen molar-refractivity contribution in [2.24, 2.45) is 0 Å². The largest absolute Gasteiger partial charge is 0.393 e. The average molecular weight is 379 g/mol. The van der Waals surface area contributed by atoms with Crippen LogP contribution >= 0.6 is 0 Å². The van der Waals surface area contributed by atoms with Crippen LogP contribution in [0.3, 0.4) is 0 Å². The maximum Gasteiger partial charge on any atom is 0.151 e. The third-order valence-corrected chi connectivity index (χ3v) is 6.22. The lowest BCUT2D eigenvalue weighted by Gasteiger charge is -2.52. The fraction of sp³-hybridized carbons (Fsp3) is 0.429. The summed E-state index contributed by atoms with van der Waals surface area (Å²) < 4.78 is 7.53. The highest BCUT2D eigenvalue weighted by Gasteiger charge is 2.46. The maximum atomic E-state index is 9.89. The second kappa shape index (κ2) is 6.55. The van der Waals surface area contributed by atoms with E-state index in [0.29, 0.717) is 19.0 Å². The minimum atomic E-state index is -0.180. The number of likely N-dealkylation sites (tertiary alicyclic amines) is 1. The van der Waals surface area contributed by atoms with Gasteiger partial charge in [-0.2, -0.15) is 5.10 Å². The van der Waals surface area contributed by atoms with Gasteiger partial charge in [0.15, 0.2) is 5.82 Å². The van der Waals surface area contributed by atoms with Crippen molar-refractivity contribution in [2.45, 2.75) is 31.4 Å². The number of nitrogen functional groups attached to an aromatic ring is 1. The number of rotatable bonds is 3. The smallest absolute Gasteiger partial charge is 0.151 e. The average Bonchev–Trinajstić information content (AvgIpc) is 3.01. The molecule has 28 heavy (non-hydrogen) atoms. The van der Waals surface area contributed by atoms with Crippen molar-refractivity contribution in [3.05, 3.63) is 47.8 Å². The molecule has 2 saturated heterocycles. The summed E-state index contributed by atoms with van der Waals surface area (Å²) in [6, 6.07) is 10.7. The zero-order chi connectivity index (χ0) is 19.3. The third kappa shape index (κ3) is 2.62. The highest BCUT2D eigenvalue weighted by molar-refractivity contribution is 5.77. The van der Waals surface area contributed by atoms with Gasteiger partial charge in [0.25, 0.3) is 0 Å². The molecule has 0 amide bonds. The molecule has 7 nitrogen and oxygen atoms in total. The molecule has 7 heteroatoms. The predicted octanol–water partition coefficient (Wildman–Crippen LogP) is 1.97. The molecule has 3 N–H and O–H groups in total. The first-order valence-corrected chi connectivity index (χ1v) is 9.79. The topological polar surface area (TPSA) is 88.9 Å². The van der Waals surface area contributed by atoms with E-state index in [0.717, 1.165) is 48.3 Å². The highest BCUT2D eigenvalue weighted by atomic mass is 16.5. The Kier molecular flexibility index (Phi) is 4.12. The van der Waals surface area contributed by atoms with E-state index in [1.807, 2.05) is 11.4 Å². The molecule has 2 fully saturated rings. The lowest BCUT2D eigenvalue weighted by molar-refractivity contribution is -0.157. The lowest BCUT2D eigenvalue weighted by atomic mass is 9.83. The Balaban J connectivity index is 1.56. The zero-order valence-electron chi connectivity index (χ0n) is 16.0. The summed E-state index contributed by atoms with van der Waals surface area (Å²) in [6.45, 7) is 5.20. The number of aliphatic hydroxyl groups excluding tert-OH is 1. The molecular weight excluding hydrogens is 354 g/mol. The van der Waals surface area contributed by atoms with Crippen LogP contribution in [0.15, 0.2) is 36.7 Å². The van der Waals surface area contributed by atoms with Crippen LogP contribution in [-0.2, 0) is 10.3 Å². The number of ether oxygens (including phenoxy) is 1. The number of nitrogens with zero attached hydrogens (tertiary/aromatic N) is 4. The Bertz CT molecular complexity index is 1020. The van der Waals surface area contributed by atoms with E-state index < -0.39 is 0 Å². The van der Waals surface area contributed by atoms with E-state index in [-0.39, 0.29) is 11.6 Å². The van der Waals surface area contributed by atoms with Gasteiger partial charge in [0.05, 0.1) is 30.6 Å². The number of aliphatic hydroxyl groups is 1. The standard InChI is InChI=1S/C21H25N5O2/c1-14-9-18(26-19(14)20(22)23-13-24-26)15-3-2-4-16(10-15)21(11-28-12-21)25-7-5-17(27)6-8-25/h2-4,9-10,13,17,27H,5-8,11-12H2,1H3,(H2,22,23,24). The summed E-state index contributed by atoms with van der Waals surface area (Å²) in [7, 11) is 0. The fourth-order valence-electron chi connectivity index (χ4n) is 4.55. The molecule has 0 aliphatic carbocycles. The van der Waals surface area contributed by atoms with E-state index >= 15 is 0 Å². The summed E-state index contributed by atoms with van der Waals surface area (Å²) >= 11 is 0. The Hall–Kier alpha value is -2.48. The Morgan fingerprint density at radius 3 is 2.71 bits per heavy atom. The predicted molar refractivity (Wildman–Crippen MR) is 107 cm³/mol. The van der Waals surface area contributed by atoms with Crippen molar-refractivity contribution >= 4 is 11.3 Å². The van der Waals surface area contributed by atoms with Crippen LogP contribution in [0.25, 0.3) is 16.8 Å². The molecule has 0 unspecified atom stereocenters. The van der Waals surface area contributed by atoms with Gasteiger partial charge in [0, 0.05) is 18.7 Å². The second-order valence-corrected chi connectivity index (χ2v) is 7.94. The first kappa shape index (κ1) is 17.6. The van der Waals surface area contributed by atoms with Crippen LogP contribution in [0.2, 0.25) is 0 Å². The van der Waals surface area contributed by atoms with Crippen LogP contribution in [-0.4, -0.2) is 57.0 Å². The van der Waals surface area contributed by atoms with Gasteiger partial charge in [-0.1, -0.05) is 18.2 Å². The molecule has 0 radical (unpaired) electrons. The number of benzene rings is 1.